The van der Waals surface area contributed by atoms with Gasteiger partial charge in [0.25, 0.3) is 5.91 Å². The van der Waals surface area contributed by atoms with E-state index >= 15 is 0 Å². The van der Waals surface area contributed by atoms with Gasteiger partial charge in [-0.25, -0.2) is 0 Å². The van der Waals surface area contributed by atoms with E-state index in [4.69, 9.17) is 4.74 Å². The van der Waals surface area contributed by atoms with Crippen molar-refractivity contribution in [2.45, 2.75) is 6.42 Å². The first kappa shape index (κ1) is 19.6. The number of nitrogens with one attached hydrogen (secondary N) is 2. The number of hydrogen-bond acceptors (Lipinski definition) is 4. The number of carbonyl (C=O) groups excluding carboxylic acids is 2. The van der Waals surface area contributed by atoms with Gasteiger partial charge in [0.2, 0.25) is 5.91 Å². The minimum atomic E-state index is -0.244. The van der Waals surface area contributed by atoms with E-state index in [9.17, 15) is 9.59 Å². The second-order valence-corrected chi connectivity index (χ2v) is 6.54. The maximum Gasteiger partial charge on any atom is 0.259 e. The van der Waals surface area contributed by atoms with Crippen molar-refractivity contribution in [1.29, 1.82) is 0 Å². The second-order valence-electron chi connectivity index (χ2n) is 6.54. The van der Waals surface area contributed by atoms with Gasteiger partial charge in [-0.3, -0.25) is 9.59 Å². The Bertz CT molecular complexity index is 856. The molecule has 0 atom stereocenters. The molecule has 0 aromatic heterocycles. The minimum absolute atomic E-state index is 0.00663. The summed E-state index contributed by atoms with van der Waals surface area (Å²) in [6.45, 7) is 3.26. The molecule has 146 valence electrons. The summed E-state index contributed by atoms with van der Waals surface area (Å²) in [6.07, 6.45) is 4.33. The van der Waals surface area contributed by atoms with Crippen LogP contribution in [0.5, 0.6) is 5.75 Å². The van der Waals surface area contributed by atoms with Crippen molar-refractivity contribution in [3.63, 3.8) is 0 Å². The Morgan fingerprint density at radius 1 is 1.11 bits per heavy atom. The van der Waals surface area contributed by atoms with E-state index in [1.807, 2.05) is 35.2 Å². The summed E-state index contributed by atoms with van der Waals surface area (Å²) < 4.78 is 5.24. The quantitative estimate of drug-likeness (QED) is 0.784. The lowest BCUT2D eigenvalue weighted by molar-refractivity contribution is -0.125. The molecule has 0 unspecified atom stereocenters. The average Bonchev–Trinajstić information content (AvgIpc) is 3.02. The fraction of sp³-hybridized carbons (Fsp3) is 0.273. The van der Waals surface area contributed by atoms with E-state index in [1.54, 1.807) is 30.4 Å². The zero-order valence-electron chi connectivity index (χ0n) is 16.0. The number of benzene rings is 2. The van der Waals surface area contributed by atoms with E-state index in [2.05, 4.69) is 10.6 Å². The largest absolute Gasteiger partial charge is 0.496 e. The predicted octanol–water partition coefficient (Wildman–Crippen LogP) is 2.78. The van der Waals surface area contributed by atoms with Gasteiger partial charge in [0.1, 0.15) is 5.75 Å². The highest BCUT2D eigenvalue weighted by Crippen LogP contribution is 2.20. The van der Waals surface area contributed by atoms with Crippen molar-refractivity contribution in [3.8, 4) is 5.75 Å². The van der Waals surface area contributed by atoms with Crippen LogP contribution in [-0.4, -0.2) is 50.0 Å². The Morgan fingerprint density at radius 3 is 2.82 bits per heavy atom. The van der Waals surface area contributed by atoms with Gasteiger partial charge in [0.05, 0.1) is 12.7 Å². The van der Waals surface area contributed by atoms with Crippen molar-refractivity contribution in [3.05, 3.63) is 65.7 Å². The normalized spacial score (nSPS) is 14.5. The molecular weight excluding hydrogens is 354 g/mol. The third-order valence-electron chi connectivity index (χ3n) is 4.57. The summed E-state index contributed by atoms with van der Waals surface area (Å²) >= 11 is 0. The Labute approximate surface area is 165 Å². The first-order chi connectivity index (χ1) is 13.7. The van der Waals surface area contributed by atoms with Crippen LogP contribution in [0.25, 0.3) is 6.08 Å². The van der Waals surface area contributed by atoms with Crippen molar-refractivity contribution in [2.24, 2.45) is 0 Å². The van der Waals surface area contributed by atoms with Gasteiger partial charge in [-0.1, -0.05) is 24.3 Å². The zero-order chi connectivity index (χ0) is 19.8. The number of ether oxygens (including phenoxy) is 1. The third-order valence-corrected chi connectivity index (χ3v) is 4.57. The molecule has 1 aliphatic heterocycles. The summed E-state index contributed by atoms with van der Waals surface area (Å²) in [6, 6.07) is 14.5. The zero-order valence-corrected chi connectivity index (χ0v) is 16.0. The van der Waals surface area contributed by atoms with Gasteiger partial charge >= 0.3 is 0 Å². The highest BCUT2D eigenvalue weighted by Gasteiger charge is 2.13. The summed E-state index contributed by atoms with van der Waals surface area (Å²) in [5.41, 5.74) is 1.97. The topological polar surface area (TPSA) is 70.7 Å². The lowest BCUT2D eigenvalue weighted by atomic mass is 10.1. The number of amides is 2. The van der Waals surface area contributed by atoms with Crippen LogP contribution in [0, 0.1) is 0 Å². The molecule has 2 N–H and O–H groups in total. The van der Waals surface area contributed by atoms with E-state index in [0.29, 0.717) is 17.0 Å². The molecule has 2 aromatic carbocycles. The van der Waals surface area contributed by atoms with Crippen LogP contribution in [0.4, 0.5) is 5.69 Å². The molecule has 28 heavy (non-hydrogen) atoms. The number of nitrogens with zero attached hydrogens (tertiary/aromatic N) is 1. The molecule has 2 amide bonds. The summed E-state index contributed by atoms with van der Waals surface area (Å²) in [5, 5.41) is 6.16. The third kappa shape index (κ3) is 5.20. The minimum Gasteiger partial charge on any atom is -0.496 e. The maximum absolute atomic E-state index is 12.5. The Hall–Kier alpha value is -3.12. The Kier molecular flexibility index (Phi) is 6.81. The second kappa shape index (κ2) is 9.71. The molecule has 1 fully saturated rings. The molecule has 1 heterocycles. The molecule has 1 aliphatic rings. The lowest BCUT2D eigenvalue weighted by Gasteiger charge is -2.17. The highest BCUT2D eigenvalue weighted by molar-refractivity contribution is 6.06. The SMILES string of the molecule is COc1ccccc1C(=O)Nc1cccc(/C=C/C(=O)N2CCCNCC2)c1. The molecule has 2 aromatic rings. The average molecular weight is 379 g/mol. The molecule has 0 bridgehead atoms. The molecule has 1 saturated heterocycles. The molecule has 0 radical (unpaired) electrons. The maximum atomic E-state index is 12.5. The van der Waals surface area contributed by atoms with Crippen LogP contribution in [0.2, 0.25) is 0 Å². The van der Waals surface area contributed by atoms with Crippen LogP contribution in [0.3, 0.4) is 0 Å². The van der Waals surface area contributed by atoms with Gasteiger partial charge in [-0.2, -0.15) is 0 Å². The van der Waals surface area contributed by atoms with Gasteiger partial charge in [0, 0.05) is 31.4 Å². The number of para-hydroxylation sites is 1. The van der Waals surface area contributed by atoms with Crippen molar-refractivity contribution in [1.82, 2.24) is 10.2 Å². The van der Waals surface area contributed by atoms with Gasteiger partial charge < -0.3 is 20.3 Å². The van der Waals surface area contributed by atoms with Crippen molar-refractivity contribution >= 4 is 23.6 Å². The van der Waals surface area contributed by atoms with Crippen molar-refractivity contribution < 1.29 is 14.3 Å². The standard InChI is InChI=1S/C22H25N3O3/c1-28-20-9-3-2-8-19(20)22(27)24-18-7-4-6-17(16-18)10-11-21(26)25-14-5-12-23-13-15-25/h2-4,6-11,16,23H,5,12-15H2,1H3,(H,24,27)/b11-10+. The first-order valence-corrected chi connectivity index (χ1v) is 9.39. The molecule has 6 nitrogen and oxygen atoms in total. The number of methoxy groups -OCH3 is 1. The molecular formula is C22H25N3O3. The summed E-state index contributed by atoms with van der Waals surface area (Å²) in [5.74, 6) is 0.285. The van der Waals surface area contributed by atoms with E-state index in [1.165, 1.54) is 7.11 Å². The number of anilines is 1. The first-order valence-electron chi connectivity index (χ1n) is 9.39. The lowest BCUT2D eigenvalue weighted by Crippen LogP contribution is -2.32. The predicted molar refractivity (Wildman–Crippen MR) is 110 cm³/mol. The van der Waals surface area contributed by atoms with Crippen LogP contribution in [-0.2, 0) is 4.79 Å². The molecule has 3 rings (SSSR count). The van der Waals surface area contributed by atoms with Gasteiger partial charge in [-0.15, -0.1) is 0 Å². The fourth-order valence-electron chi connectivity index (χ4n) is 3.09. The van der Waals surface area contributed by atoms with Gasteiger partial charge in [-0.05, 0) is 48.9 Å². The number of hydrogen-bond donors (Lipinski definition) is 2. The smallest absolute Gasteiger partial charge is 0.259 e. The number of rotatable bonds is 5. The Morgan fingerprint density at radius 2 is 1.96 bits per heavy atom. The van der Waals surface area contributed by atoms with Crippen LogP contribution in [0.15, 0.2) is 54.6 Å². The summed E-state index contributed by atoms with van der Waals surface area (Å²) in [7, 11) is 1.54. The van der Waals surface area contributed by atoms with E-state index in [-0.39, 0.29) is 11.8 Å². The highest BCUT2D eigenvalue weighted by atomic mass is 16.5. The fourth-order valence-corrected chi connectivity index (χ4v) is 3.09. The monoisotopic (exact) mass is 379 g/mol. The van der Waals surface area contributed by atoms with Crippen LogP contribution in [0.1, 0.15) is 22.3 Å². The van der Waals surface area contributed by atoms with Crippen LogP contribution >= 0.6 is 0 Å². The van der Waals surface area contributed by atoms with Gasteiger partial charge in [0.15, 0.2) is 0 Å². The molecule has 0 aliphatic carbocycles. The summed E-state index contributed by atoms with van der Waals surface area (Å²) in [4.78, 5) is 26.8. The number of carbonyl (C=O) groups is 2. The van der Waals surface area contributed by atoms with E-state index in [0.717, 1.165) is 38.2 Å². The Balaban J connectivity index is 1.66. The van der Waals surface area contributed by atoms with Crippen molar-refractivity contribution in [2.75, 3.05) is 38.6 Å². The molecule has 0 spiro atoms. The van der Waals surface area contributed by atoms with E-state index < -0.39 is 0 Å². The molecule has 6 heteroatoms. The molecule has 0 saturated carbocycles. The van der Waals surface area contributed by atoms with Crippen LogP contribution < -0.4 is 15.4 Å².